The molecular formula is C12H15F3N2O3. The zero-order valence-corrected chi connectivity index (χ0v) is 10.6. The third kappa shape index (κ3) is 7.37. The average Bonchev–Trinajstić information content (AvgIpc) is 2.36. The van der Waals surface area contributed by atoms with Crippen molar-refractivity contribution in [1.29, 1.82) is 0 Å². The number of hydrogen-bond donors (Lipinski definition) is 3. The second-order valence-electron chi connectivity index (χ2n) is 3.74. The molecule has 1 amide bonds. The van der Waals surface area contributed by atoms with Crippen molar-refractivity contribution in [1.82, 2.24) is 5.32 Å². The van der Waals surface area contributed by atoms with Gasteiger partial charge in [-0.15, -0.1) is 0 Å². The Kier molecular flexibility index (Phi) is 7.30. The number of alkyl halides is 3. The summed E-state index contributed by atoms with van der Waals surface area (Å²) in [6, 6.07) is 9.52. The Bertz CT molecular complexity index is 435. The van der Waals surface area contributed by atoms with Crippen molar-refractivity contribution in [2.45, 2.75) is 18.6 Å². The number of benzene rings is 1. The maximum atomic E-state index is 10.9. The van der Waals surface area contributed by atoms with Crippen molar-refractivity contribution < 1.29 is 27.9 Å². The molecule has 0 aliphatic carbocycles. The van der Waals surface area contributed by atoms with Gasteiger partial charge in [0.1, 0.15) is 0 Å². The van der Waals surface area contributed by atoms with Crippen LogP contribution in [0.2, 0.25) is 0 Å². The predicted octanol–water partition coefficient (Wildman–Crippen LogP) is 0.936. The number of carbonyl (C=O) groups excluding carboxylic acids is 1. The van der Waals surface area contributed by atoms with Gasteiger partial charge in [0.15, 0.2) is 0 Å². The third-order valence-electron chi connectivity index (χ3n) is 2.22. The molecule has 0 saturated heterocycles. The van der Waals surface area contributed by atoms with E-state index in [4.69, 9.17) is 15.6 Å². The van der Waals surface area contributed by atoms with Gasteiger partial charge in [-0.25, -0.2) is 4.79 Å². The molecule has 112 valence electrons. The van der Waals surface area contributed by atoms with Crippen molar-refractivity contribution in [3.63, 3.8) is 0 Å². The van der Waals surface area contributed by atoms with Crippen LogP contribution in [0.3, 0.4) is 0 Å². The van der Waals surface area contributed by atoms with Crippen LogP contribution in [-0.4, -0.2) is 36.2 Å². The van der Waals surface area contributed by atoms with E-state index in [1.807, 2.05) is 30.3 Å². The van der Waals surface area contributed by atoms with Gasteiger partial charge in [-0.05, 0) is 19.0 Å². The van der Waals surface area contributed by atoms with Gasteiger partial charge < -0.3 is 16.2 Å². The van der Waals surface area contributed by atoms with Crippen molar-refractivity contribution >= 4 is 11.9 Å². The molecule has 0 unspecified atom stereocenters. The molecule has 0 bridgehead atoms. The second-order valence-corrected chi connectivity index (χ2v) is 3.74. The number of carbonyl (C=O) groups is 2. The van der Waals surface area contributed by atoms with E-state index < -0.39 is 12.1 Å². The number of hydrogen-bond acceptors (Lipinski definition) is 3. The van der Waals surface area contributed by atoms with Crippen LogP contribution >= 0.6 is 0 Å². The summed E-state index contributed by atoms with van der Waals surface area (Å²) in [5, 5.41) is 10.0. The molecule has 4 N–H and O–H groups in total. The molecule has 20 heavy (non-hydrogen) atoms. The van der Waals surface area contributed by atoms with Gasteiger partial charge in [-0.1, -0.05) is 30.3 Å². The summed E-state index contributed by atoms with van der Waals surface area (Å²) in [6.45, 7) is 0. The monoisotopic (exact) mass is 292 g/mol. The predicted molar refractivity (Wildman–Crippen MR) is 65.9 cm³/mol. The quantitative estimate of drug-likeness (QED) is 0.770. The molecule has 1 rings (SSSR count). The number of rotatable bonds is 4. The fourth-order valence-electron chi connectivity index (χ4n) is 1.19. The zero-order chi connectivity index (χ0) is 15.8. The molecule has 0 heterocycles. The normalized spacial score (nSPS) is 12.0. The maximum absolute atomic E-state index is 10.9. The topological polar surface area (TPSA) is 92.4 Å². The minimum Gasteiger partial charge on any atom is -0.475 e. The van der Waals surface area contributed by atoms with E-state index in [0.717, 1.165) is 5.56 Å². The Morgan fingerprint density at radius 3 is 2.05 bits per heavy atom. The van der Waals surface area contributed by atoms with E-state index in [9.17, 15) is 18.0 Å². The van der Waals surface area contributed by atoms with Crippen molar-refractivity contribution in [3.05, 3.63) is 35.9 Å². The first-order valence-electron chi connectivity index (χ1n) is 5.49. The van der Waals surface area contributed by atoms with E-state index in [1.54, 1.807) is 7.05 Å². The molecule has 1 aromatic carbocycles. The van der Waals surface area contributed by atoms with Gasteiger partial charge in [0.25, 0.3) is 0 Å². The largest absolute Gasteiger partial charge is 0.490 e. The van der Waals surface area contributed by atoms with Gasteiger partial charge in [-0.2, -0.15) is 13.2 Å². The average molecular weight is 292 g/mol. The van der Waals surface area contributed by atoms with Crippen molar-refractivity contribution in [2.24, 2.45) is 5.73 Å². The highest BCUT2D eigenvalue weighted by atomic mass is 19.4. The molecule has 1 aromatic rings. The van der Waals surface area contributed by atoms with Gasteiger partial charge >= 0.3 is 12.1 Å². The molecule has 0 aliphatic heterocycles. The van der Waals surface area contributed by atoms with Gasteiger partial charge in [-0.3, -0.25) is 4.79 Å². The molecule has 5 nitrogen and oxygen atoms in total. The lowest BCUT2D eigenvalue weighted by molar-refractivity contribution is -0.192. The van der Waals surface area contributed by atoms with Gasteiger partial charge in [0, 0.05) is 0 Å². The molecule has 0 spiro atoms. The van der Waals surface area contributed by atoms with Crippen LogP contribution in [0.25, 0.3) is 0 Å². The molecule has 8 heteroatoms. The molecule has 0 aliphatic rings. The van der Waals surface area contributed by atoms with Crippen LogP contribution in [-0.2, 0) is 16.0 Å². The first-order chi connectivity index (χ1) is 9.18. The summed E-state index contributed by atoms with van der Waals surface area (Å²) in [5.74, 6) is -3.07. The lowest BCUT2D eigenvalue weighted by Gasteiger charge is -2.11. The van der Waals surface area contributed by atoms with Gasteiger partial charge in [0.05, 0.1) is 6.04 Å². The highest BCUT2D eigenvalue weighted by molar-refractivity contribution is 5.80. The maximum Gasteiger partial charge on any atom is 0.490 e. The van der Waals surface area contributed by atoms with Crippen LogP contribution in [0.1, 0.15) is 5.56 Å². The van der Waals surface area contributed by atoms with E-state index in [1.165, 1.54) is 0 Å². The summed E-state index contributed by atoms with van der Waals surface area (Å²) in [5.41, 5.74) is 6.31. The van der Waals surface area contributed by atoms with E-state index in [0.29, 0.717) is 6.42 Å². The van der Waals surface area contributed by atoms with Crippen LogP contribution < -0.4 is 11.1 Å². The number of halogens is 3. The zero-order valence-electron chi connectivity index (χ0n) is 10.6. The van der Waals surface area contributed by atoms with E-state index in [-0.39, 0.29) is 11.9 Å². The first kappa shape index (κ1) is 17.9. The number of nitrogens with one attached hydrogen (secondary N) is 1. The first-order valence-corrected chi connectivity index (χ1v) is 5.49. The molecule has 0 radical (unpaired) electrons. The number of nitrogens with two attached hydrogens (primary N) is 1. The second kappa shape index (κ2) is 8.16. The molecule has 0 fully saturated rings. The Hall–Kier alpha value is -2.09. The Labute approximate surface area is 113 Å². The van der Waals surface area contributed by atoms with Crippen molar-refractivity contribution in [3.8, 4) is 0 Å². The summed E-state index contributed by atoms with van der Waals surface area (Å²) in [6.07, 6.45) is -4.44. The van der Waals surface area contributed by atoms with Crippen LogP contribution in [0.5, 0.6) is 0 Å². The van der Waals surface area contributed by atoms with Crippen LogP contribution in [0.15, 0.2) is 30.3 Å². The molecule has 0 saturated carbocycles. The van der Waals surface area contributed by atoms with Crippen molar-refractivity contribution in [2.75, 3.05) is 7.05 Å². The van der Waals surface area contributed by atoms with Crippen LogP contribution in [0.4, 0.5) is 13.2 Å². The van der Waals surface area contributed by atoms with Gasteiger partial charge in [0.2, 0.25) is 5.91 Å². The molecule has 0 aromatic heterocycles. The van der Waals surface area contributed by atoms with Crippen LogP contribution in [0, 0.1) is 0 Å². The Balaban J connectivity index is 0.000000441. The smallest absolute Gasteiger partial charge is 0.475 e. The highest BCUT2D eigenvalue weighted by Crippen LogP contribution is 2.13. The standard InChI is InChI=1S/C10H14N2O.C2HF3O2/c1-12-9(10(11)13)7-8-5-3-2-4-6-8;3-2(4,5)1(6)7/h2-6,9,12H,7H2,1H3,(H2,11,13);(H,6,7)/t9-;/m0./s1. The minimum atomic E-state index is -5.08. The Morgan fingerprint density at radius 2 is 1.75 bits per heavy atom. The summed E-state index contributed by atoms with van der Waals surface area (Å²) >= 11 is 0. The summed E-state index contributed by atoms with van der Waals surface area (Å²) < 4.78 is 31.7. The number of amides is 1. The number of carboxylic acid groups (broad SMARTS) is 1. The SMILES string of the molecule is CN[C@@H](Cc1ccccc1)C(N)=O.O=C(O)C(F)(F)F. The minimum absolute atomic E-state index is 0.276. The van der Waals surface area contributed by atoms with E-state index in [2.05, 4.69) is 5.32 Å². The summed E-state index contributed by atoms with van der Waals surface area (Å²) in [4.78, 5) is 19.8. The molecule has 1 atom stereocenters. The number of likely N-dealkylation sites (N-methyl/N-ethyl adjacent to an activating group) is 1. The number of aliphatic carboxylic acids is 1. The lowest BCUT2D eigenvalue weighted by atomic mass is 10.1. The summed E-state index contributed by atoms with van der Waals surface area (Å²) in [7, 11) is 1.73. The van der Waals surface area contributed by atoms with E-state index >= 15 is 0 Å². The number of carboxylic acids is 1. The number of primary amides is 1. The highest BCUT2D eigenvalue weighted by Gasteiger charge is 2.38. The lowest BCUT2D eigenvalue weighted by Crippen LogP contribution is -2.40. The molecular weight excluding hydrogens is 277 g/mol. The fraction of sp³-hybridized carbons (Fsp3) is 0.333. The third-order valence-corrected chi connectivity index (χ3v) is 2.22. The Morgan fingerprint density at radius 1 is 1.30 bits per heavy atom. The fourth-order valence-corrected chi connectivity index (χ4v) is 1.19.